The van der Waals surface area contributed by atoms with Crippen LogP contribution < -0.4 is 4.74 Å². The number of carboxylic acid groups (broad SMARTS) is 2. The molecule has 0 aliphatic rings. The van der Waals surface area contributed by atoms with E-state index in [1.54, 1.807) is 18.2 Å². The van der Waals surface area contributed by atoms with Gasteiger partial charge in [0.2, 0.25) is 0 Å². The fourth-order valence-electron chi connectivity index (χ4n) is 4.42. The zero-order valence-corrected chi connectivity index (χ0v) is 23.9. The van der Waals surface area contributed by atoms with E-state index in [1.807, 2.05) is 12.1 Å². The predicted molar refractivity (Wildman–Crippen MR) is 154 cm³/mol. The van der Waals surface area contributed by atoms with Crippen molar-refractivity contribution in [3.05, 3.63) is 59.2 Å². The maximum atomic E-state index is 12.0. The summed E-state index contributed by atoms with van der Waals surface area (Å²) in [6.07, 6.45) is 9.63. The van der Waals surface area contributed by atoms with Crippen LogP contribution in [0.4, 0.5) is 0 Å². The number of carbonyl (C=O) groups is 3. The van der Waals surface area contributed by atoms with Crippen molar-refractivity contribution >= 4 is 29.5 Å². The van der Waals surface area contributed by atoms with Gasteiger partial charge in [-0.1, -0.05) is 69.7 Å². The van der Waals surface area contributed by atoms with E-state index < -0.39 is 24.6 Å². The molecule has 0 bridgehead atoms. The zero-order valence-electron chi connectivity index (χ0n) is 23.1. The average Bonchev–Trinajstić information content (AvgIpc) is 2.90. The van der Waals surface area contributed by atoms with Gasteiger partial charge in [-0.05, 0) is 61.9 Å². The molecule has 0 saturated heterocycles. The van der Waals surface area contributed by atoms with Crippen LogP contribution in [0.2, 0.25) is 0 Å². The third kappa shape index (κ3) is 12.3. The minimum atomic E-state index is -1.15. The molecule has 2 atom stereocenters. The molecule has 0 aliphatic carbocycles. The van der Waals surface area contributed by atoms with Crippen LogP contribution in [0.5, 0.6) is 5.75 Å². The van der Waals surface area contributed by atoms with Crippen molar-refractivity contribution < 1.29 is 34.4 Å². The Bertz CT molecular complexity index is 1050. The fourth-order valence-corrected chi connectivity index (χ4v) is 5.62. The van der Waals surface area contributed by atoms with Crippen molar-refractivity contribution in [1.29, 1.82) is 0 Å². The number of ether oxygens (including phenoxy) is 1. The molecule has 214 valence electrons. The minimum Gasteiger partial charge on any atom is -0.481 e. The van der Waals surface area contributed by atoms with Gasteiger partial charge in [0.15, 0.2) is 12.4 Å². The summed E-state index contributed by atoms with van der Waals surface area (Å²) in [7, 11) is 0. The van der Waals surface area contributed by atoms with Crippen molar-refractivity contribution in [2.75, 3.05) is 6.61 Å². The summed E-state index contributed by atoms with van der Waals surface area (Å²) >= 11 is 1.38. The predicted octanol–water partition coefficient (Wildman–Crippen LogP) is 7.09. The van der Waals surface area contributed by atoms with E-state index >= 15 is 0 Å². The van der Waals surface area contributed by atoms with Gasteiger partial charge in [-0.25, -0.2) is 4.79 Å². The summed E-state index contributed by atoms with van der Waals surface area (Å²) < 4.78 is 5.37. The van der Waals surface area contributed by atoms with Gasteiger partial charge < -0.3 is 20.1 Å². The highest BCUT2D eigenvalue weighted by Crippen LogP contribution is 2.41. The summed E-state index contributed by atoms with van der Waals surface area (Å²) in [4.78, 5) is 34.7. The SMILES string of the molecule is CCCCCCCCCc1ccc(C(Sc2ccc(C(C)=O)c(OCC(=O)O)c2)C(O)CCCC(=O)O)cc1. The van der Waals surface area contributed by atoms with Crippen molar-refractivity contribution in [3.8, 4) is 5.75 Å². The standard InChI is InChI=1S/C31H42O7S/c1-3-4-5-6-7-8-9-11-23-14-16-24(17-15-23)31(27(33)12-10-13-29(34)35)39-25-18-19-26(22(2)32)28(20-25)38-21-30(36)37/h14-20,27,31,33H,3-13,21H2,1-2H3,(H,34,35)(H,36,37). The smallest absolute Gasteiger partial charge is 0.341 e. The van der Waals surface area contributed by atoms with Crippen molar-refractivity contribution in [2.45, 2.75) is 101 Å². The molecule has 2 unspecified atom stereocenters. The van der Waals surface area contributed by atoms with Gasteiger partial charge in [0, 0.05) is 11.3 Å². The number of hydrogen-bond acceptors (Lipinski definition) is 6. The van der Waals surface area contributed by atoms with Crippen molar-refractivity contribution in [3.63, 3.8) is 0 Å². The molecular weight excluding hydrogens is 516 g/mol. The van der Waals surface area contributed by atoms with E-state index in [1.165, 1.54) is 62.8 Å². The lowest BCUT2D eigenvalue weighted by atomic mass is 9.99. The lowest BCUT2D eigenvalue weighted by molar-refractivity contribution is -0.139. The molecule has 39 heavy (non-hydrogen) atoms. The first-order valence-corrected chi connectivity index (χ1v) is 14.7. The van der Waals surface area contributed by atoms with Crippen LogP contribution in [0.1, 0.15) is 105 Å². The number of aliphatic carboxylic acids is 2. The molecule has 0 radical (unpaired) electrons. The Kier molecular flexibility index (Phi) is 14.7. The Morgan fingerprint density at radius 3 is 2.15 bits per heavy atom. The summed E-state index contributed by atoms with van der Waals surface area (Å²) in [5.74, 6) is -2.11. The molecule has 2 aromatic carbocycles. The van der Waals surface area contributed by atoms with Crippen LogP contribution in [-0.4, -0.2) is 45.8 Å². The summed E-state index contributed by atoms with van der Waals surface area (Å²) in [5, 5.41) is 28.7. The Morgan fingerprint density at radius 1 is 0.872 bits per heavy atom. The second-order valence-corrected chi connectivity index (χ2v) is 11.1. The molecule has 0 aromatic heterocycles. The Labute approximate surface area is 236 Å². The van der Waals surface area contributed by atoms with Crippen molar-refractivity contribution in [2.24, 2.45) is 0 Å². The van der Waals surface area contributed by atoms with E-state index in [-0.39, 0.29) is 28.8 Å². The van der Waals surface area contributed by atoms with Gasteiger partial charge >= 0.3 is 11.9 Å². The lowest BCUT2D eigenvalue weighted by Crippen LogP contribution is -2.17. The third-order valence-electron chi connectivity index (χ3n) is 6.56. The van der Waals surface area contributed by atoms with E-state index in [0.29, 0.717) is 17.7 Å². The summed E-state index contributed by atoms with van der Waals surface area (Å²) in [6.45, 7) is 3.04. The molecule has 2 rings (SSSR count). The maximum absolute atomic E-state index is 12.0. The quantitative estimate of drug-likeness (QED) is 0.0894. The topological polar surface area (TPSA) is 121 Å². The van der Waals surface area contributed by atoms with Crippen LogP contribution in [0.3, 0.4) is 0 Å². The monoisotopic (exact) mass is 558 g/mol. The number of Topliss-reactive ketones (excluding diaryl/α,β-unsaturated/α-hetero) is 1. The molecule has 0 heterocycles. The first kappa shape index (κ1) is 32.4. The largest absolute Gasteiger partial charge is 0.481 e. The lowest BCUT2D eigenvalue weighted by Gasteiger charge is -2.24. The number of carboxylic acids is 2. The number of unbranched alkanes of at least 4 members (excludes halogenated alkanes) is 6. The molecule has 2 aromatic rings. The molecule has 7 nitrogen and oxygen atoms in total. The number of aliphatic hydroxyl groups is 1. The Morgan fingerprint density at radius 2 is 1.54 bits per heavy atom. The number of benzene rings is 2. The summed E-state index contributed by atoms with van der Waals surface area (Å²) in [6, 6.07) is 13.2. The van der Waals surface area contributed by atoms with Crippen LogP contribution >= 0.6 is 11.8 Å². The molecule has 0 saturated carbocycles. The van der Waals surface area contributed by atoms with E-state index in [0.717, 1.165) is 18.4 Å². The average molecular weight is 559 g/mol. The van der Waals surface area contributed by atoms with Crippen molar-refractivity contribution in [1.82, 2.24) is 0 Å². The number of ketones is 1. The van der Waals surface area contributed by atoms with Crippen LogP contribution in [0, 0.1) is 0 Å². The van der Waals surface area contributed by atoms with Gasteiger partial charge in [0.05, 0.1) is 16.9 Å². The van der Waals surface area contributed by atoms with Crippen LogP contribution in [-0.2, 0) is 16.0 Å². The highest BCUT2D eigenvalue weighted by molar-refractivity contribution is 7.99. The maximum Gasteiger partial charge on any atom is 0.341 e. The number of thioether (sulfide) groups is 1. The fraction of sp³-hybridized carbons (Fsp3) is 0.516. The first-order valence-electron chi connectivity index (χ1n) is 13.9. The van der Waals surface area contributed by atoms with E-state index in [4.69, 9.17) is 14.9 Å². The number of hydrogen-bond donors (Lipinski definition) is 3. The van der Waals surface area contributed by atoms with E-state index in [9.17, 15) is 19.5 Å². The molecule has 0 spiro atoms. The molecule has 8 heteroatoms. The highest BCUT2D eigenvalue weighted by Gasteiger charge is 2.24. The van der Waals surface area contributed by atoms with Gasteiger partial charge in [-0.15, -0.1) is 11.8 Å². The number of rotatable bonds is 20. The molecule has 3 N–H and O–H groups in total. The highest BCUT2D eigenvalue weighted by atomic mass is 32.2. The van der Waals surface area contributed by atoms with E-state index in [2.05, 4.69) is 19.1 Å². The zero-order chi connectivity index (χ0) is 28.6. The second kappa shape index (κ2) is 17.7. The number of carbonyl (C=O) groups excluding carboxylic acids is 1. The molecule has 0 aliphatic heterocycles. The Hall–Kier alpha value is -2.84. The van der Waals surface area contributed by atoms with Gasteiger partial charge in [0.1, 0.15) is 5.75 Å². The Balaban J connectivity index is 2.16. The number of aliphatic hydroxyl groups excluding tert-OH is 1. The van der Waals surface area contributed by atoms with Crippen LogP contribution in [0.25, 0.3) is 0 Å². The molecule has 0 fully saturated rings. The third-order valence-corrected chi connectivity index (χ3v) is 7.93. The first-order chi connectivity index (χ1) is 18.7. The van der Waals surface area contributed by atoms with Gasteiger partial charge in [0.25, 0.3) is 0 Å². The second-order valence-electron chi connectivity index (χ2n) is 9.90. The molecule has 0 amide bonds. The molecular formula is C31H42O7S. The number of aryl methyl sites for hydroxylation is 1. The van der Waals surface area contributed by atoms with Crippen LogP contribution in [0.15, 0.2) is 47.4 Å². The van der Waals surface area contributed by atoms with Gasteiger partial charge in [-0.2, -0.15) is 0 Å². The normalized spacial score (nSPS) is 12.6. The summed E-state index contributed by atoms with van der Waals surface area (Å²) in [5.41, 5.74) is 2.44. The van der Waals surface area contributed by atoms with Gasteiger partial charge in [-0.3, -0.25) is 9.59 Å². The minimum absolute atomic E-state index is 0.0215.